The van der Waals surface area contributed by atoms with E-state index in [0.29, 0.717) is 37.3 Å². The molecule has 566 valence electrons. The molecule has 7 atom stereocenters. The van der Waals surface area contributed by atoms with E-state index in [1.807, 2.05) is 18.2 Å². The number of rotatable bonds is 38. The number of hydrogen-bond acceptors (Lipinski definition) is 19. The van der Waals surface area contributed by atoms with Gasteiger partial charge in [-0.1, -0.05) is 89.2 Å². The molecule has 0 bridgehead atoms. The molecule has 0 fully saturated rings. The number of hydrogen-bond donors (Lipinski definition) is 12. The van der Waals surface area contributed by atoms with Crippen LogP contribution in [0.1, 0.15) is 143 Å². The van der Waals surface area contributed by atoms with Gasteiger partial charge >= 0.3 is 23.9 Å². The zero-order chi connectivity index (χ0) is 78.3. The molecule has 2 aliphatic rings. The lowest BCUT2D eigenvalue weighted by Gasteiger charge is -2.26. The predicted octanol–water partition coefficient (Wildman–Crippen LogP) is 2.40. The molecule has 1 aliphatic carbocycles. The van der Waals surface area contributed by atoms with Gasteiger partial charge in [0.1, 0.15) is 24.2 Å². The third kappa shape index (κ3) is 23.8. The van der Waals surface area contributed by atoms with E-state index in [2.05, 4.69) is 138 Å². The molecule has 2 aromatic heterocycles. The third-order valence-electron chi connectivity index (χ3n) is 17.7. The van der Waals surface area contributed by atoms with Gasteiger partial charge in [-0.25, -0.2) is 0 Å². The van der Waals surface area contributed by atoms with E-state index < -0.39 is 170 Å². The van der Waals surface area contributed by atoms with Crippen LogP contribution in [0.5, 0.6) is 0 Å². The Labute approximate surface area is 623 Å². The molecule has 33 heteroatoms. The summed E-state index contributed by atoms with van der Waals surface area (Å²) < 4.78 is 3.15. The predicted molar refractivity (Wildman–Crippen MR) is 387 cm³/mol. The highest BCUT2D eigenvalue weighted by atomic mass is 32.2. The summed E-state index contributed by atoms with van der Waals surface area (Å²) in [7, 11) is 0. The summed E-state index contributed by atoms with van der Waals surface area (Å²) in [4.78, 5) is 175. The van der Waals surface area contributed by atoms with Crippen molar-refractivity contribution in [3.05, 3.63) is 130 Å². The highest BCUT2D eigenvalue weighted by Crippen LogP contribution is 2.53. The lowest BCUT2D eigenvalue weighted by molar-refractivity contribution is -0.141. The van der Waals surface area contributed by atoms with Crippen LogP contribution in [0.4, 0.5) is 0 Å². The number of aryl methyl sites for hydroxylation is 4. The number of amides is 8. The van der Waals surface area contributed by atoms with Gasteiger partial charge < -0.3 is 63.8 Å². The number of nitrogens with zero attached hydrogens (tertiary/aromatic N) is 6. The summed E-state index contributed by atoms with van der Waals surface area (Å²) in [6.45, 7) is 4.20. The van der Waals surface area contributed by atoms with Crippen LogP contribution in [0.15, 0.2) is 95.0 Å². The number of aromatic nitrogens is 6. The van der Waals surface area contributed by atoms with Crippen LogP contribution in [0.3, 0.4) is 0 Å². The average molecular weight is 1500 g/mol. The van der Waals surface area contributed by atoms with Gasteiger partial charge in [-0.05, 0) is 120 Å². The normalized spacial score (nSPS) is 14.8. The molecule has 1 aliphatic heterocycles. The van der Waals surface area contributed by atoms with Crippen molar-refractivity contribution in [3.63, 3.8) is 0 Å². The largest absolute Gasteiger partial charge is 0.481 e. The van der Waals surface area contributed by atoms with Gasteiger partial charge in [0.05, 0.1) is 50.4 Å². The molecule has 4 aromatic carbocycles. The molecule has 6 aromatic rings. The van der Waals surface area contributed by atoms with Crippen LogP contribution in [-0.4, -0.2) is 170 Å². The first kappa shape index (κ1) is 81.3. The van der Waals surface area contributed by atoms with Crippen molar-refractivity contribution in [3.8, 4) is 23.7 Å². The number of primary amides is 2. The van der Waals surface area contributed by atoms with Gasteiger partial charge in [-0.2, -0.15) is 0 Å². The van der Waals surface area contributed by atoms with Crippen LogP contribution >= 0.6 is 11.8 Å². The number of carbonyl (C=O) groups is 14. The van der Waals surface area contributed by atoms with Gasteiger partial charge in [-0.3, -0.25) is 76.5 Å². The van der Waals surface area contributed by atoms with Crippen LogP contribution < -0.4 is 43.4 Å². The van der Waals surface area contributed by atoms with Gasteiger partial charge in [0.15, 0.2) is 11.6 Å². The Morgan fingerprint density at radius 2 is 1.01 bits per heavy atom. The lowest BCUT2D eigenvalue weighted by atomic mass is 9.84. The highest BCUT2D eigenvalue weighted by Gasteiger charge is 2.35. The summed E-state index contributed by atoms with van der Waals surface area (Å²) in [5.41, 5.74) is 19.6. The Balaban J connectivity index is 0.873. The third-order valence-corrected chi connectivity index (χ3v) is 18.9. The maximum Gasteiger partial charge on any atom is 0.305 e. The number of benzene rings is 4. The fourth-order valence-corrected chi connectivity index (χ4v) is 13.2. The summed E-state index contributed by atoms with van der Waals surface area (Å²) in [6, 6.07) is 19.7. The number of fused-ring (bicyclic) bond motifs is 5. The van der Waals surface area contributed by atoms with E-state index in [0.717, 1.165) is 54.8 Å². The van der Waals surface area contributed by atoms with Crippen molar-refractivity contribution in [1.29, 1.82) is 0 Å². The summed E-state index contributed by atoms with van der Waals surface area (Å²) >= 11 is 1.66. The van der Waals surface area contributed by atoms with Crippen molar-refractivity contribution in [2.75, 3.05) is 13.1 Å². The summed E-state index contributed by atoms with van der Waals surface area (Å²) in [5.74, 6) is -2.40. The fraction of sp³-hybridized carbons (Fsp3) is 0.387. The first-order valence-corrected chi connectivity index (χ1v) is 35.5. The SMILES string of the molecule is CC1Cc2ccc3ccccc3c2/C1=C1/c2cc(C#CCCn3cc(CCC(=O)N[C@@H](CC(=O)O)C(=O)NCC(=O)CC(CCC(=O)O)C(=O)N[C@@H](C)C(N)=O)nn3)ccc2Sc2ccc(C#CCCn3cc(CCC(=O)N[C@@H](CC(=O)O)C(=O)NCC(=O)C[C@@H](CCC(=O)O)C(=O)N[C@@H](C)C(N)=O)nn3)cc21. The second-order valence-electron chi connectivity index (χ2n) is 26.2. The van der Waals surface area contributed by atoms with E-state index in [-0.39, 0.29) is 44.4 Å². The average Bonchev–Trinajstić information content (AvgIpc) is 1.36. The van der Waals surface area contributed by atoms with Gasteiger partial charge in [0.2, 0.25) is 47.3 Å². The van der Waals surface area contributed by atoms with Gasteiger partial charge in [-0.15, -0.1) is 10.2 Å². The molecule has 32 nitrogen and oxygen atoms in total. The number of aliphatic carboxylic acids is 4. The van der Waals surface area contributed by atoms with Crippen molar-refractivity contribution >= 4 is 116 Å². The van der Waals surface area contributed by atoms with Crippen LogP contribution in [-0.2, 0) is 99.5 Å². The minimum absolute atomic E-state index is 0.0693. The van der Waals surface area contributed by atoms with Crippen molar-refractivity contribution < 1.29 is 87.5 Å². The molecule has 0 saturated carbocycles. The topological polar surface area (TPSA) is 506 Å². The van der Waals surface area contributed by atoms with Crippen molar-refractivity contribution in [1.82, 2.24) is 61.9 Å². The maximum absolute atomic E-state index is 13.1. The first-order chi connectivity index (χ1) is 51.5. The first-order valence-electron chi connectivity index (χ1n) is 34.7. The van der Waals surface area contributed by atoms with Gasteiger partial charge in [0.25, 0.3) is 0 Å². The Kier molecular flexibility index (Phi) is 29.0. The van der Waals surface area contributed by atoms with E-state index >= 15 is 0 Å². The number of carbonyl (C=O) groups excluding carboxylic acids is 10. The summed E-state index contributed by atoms with van der Waals surface area (Å²) in [5, 5.41) is 70.3. The minimum Gasteiger partial charge on any atom is -0.481 e. The molecule has 2 unspecified atom stereocenters. The minimum atomic E-state index is -1.59. The molecular formula is C75H82N14O18S. The molecule has 108 heavy (non-hydrogen) atoms. The quantitative estimate of drug-likeness (QED) is 0.0247. The molecular weight excluding hydrogens is 1420 g/mol. The Bertz CT molecular complexity index is 4440. The number of Topliss-reactive ketones (excluding diaryl/α,β-unsaturated/α-hetero) is 2. The smallest absolute Gasteiger partial charge is 0.305 e. The number of carboxylic acids is 4. The second kappa shape index (κ2) is 38.6. The number of ketones is 2. The van der Waals surface area contributed by atoms with Crippen molar-refractivity contribution in [2.45, 2.75) is 164 Å². The number of nitrogens with two attached hydrogens (primary N) is 2. The van der Waals surface area contributed by atoms with Gasteiger partial charge in [0, 0.05) is 109 Å². The number of nitrogens with one attached hydrogen (secondary N) is 6. The molecule has 0 radical (unpaired) electrons. The van der Waals surface area contributed by atoms with Crippen LogP contribution in [0.25, 0.3) is 21.9 Å². The number of carboxylic acid groups (broad SMARTS) is 4. The molecule has 0 saturated heterocycles. The Hall–Kier alpha value is -12.4. The molecule has 0 spiro atoms. The highest BCUT2D eigenvalue weighted by molar-refractivity contribution is 7.99. The Morgan fingerprint density at radius 3 is 1.44 bits per heavy atom. The summed E-state index contributed by atoms with van der Waals surface area (Å²) in [6.07, 6.45) is 0.407. The Morgan fingerprint density at radius 1 is 0.556 bits per heavy atom. The van der Waals surface area contributed by atoms with E-state index in [4.69, 9.17) is 21.7 Å². The monoisotopic (exact) mass is 1500 g/mol. The zero-order valence-corrected chi connectivity index (χ0v) is 60.1. The molecule has 14 N–H and O–H groups in total. The maximum atomic E-state index is 13.1. The lowest BCUT2D eigenvalue weighted by Crippen LogP contribution is -2.49. The van der Waals surface area contributed by atoms with Crippen LogP contribution in [0, 0.1) is 41.4 Å². The molecule has 3 heterocycles. The van der Waals surface area contributed by atoms with E-state index in [9.17, 15) is 77.3 Å². The zero-order valence-electron chi connectivity index (χ0n) is 59.3. The molecule has 8 amide bonds. The van der Waals surface area contributed by atoms with Crippen LogP contribution in [0.2, 0.25) is 0 Å². The molecule has 8 rings (SSSR count). The van der Waals surface area contributed by atoms with Crippen molar-refractivity contribution in [2.24, 2.45) is 29.2 Å². The fourth-order valence-electron chi connectivity index (χ4n) is 12.1. The van der Waals surface area contributed by atoms with E-state index in [1.54, 1.807) is 33.5 Å². The number of allylic oxidation sites excluding steroid dienone is 1. The second-order valence-corrected chi connectivity index (χ2v) is 27.3. The van der Waals surface area contributed by atoms with E-state index in [1.165, 1.54) is 30.5 Å². The standard InChI is InChI=1S/C75H82N14O18S/c1-41-30-47-17-16-46-12-4-5-13-54(46)68(47)67(41)69-55-31-44(10-6-8-28-88-39-50(84-86-88)20-24-61(92)82-57(35-65(98)99)74(106)78-37-52(90)33-48(18-26-63(94)95)72(104)80-42(2)70(76)102)14-22-59(55)108-60-23-15-45(32-56(60)69)11-7-9-29-89-40-51(85-87-89)21-25-62(93)83-58(36-66(100)101)75(107)79-38-53(91)34-49(19-27-64(96)97)73(105)81-43(3)71(77)103/h4-5,12-17,22-23,31-32,39-43,48-49,57-58H,8-9,18-21,24-30,33-38H2,1-3H3,(H2,76,102)(H2,77,103)(H,78,106)(H,79,107)(H,80,104)(H,81,105)(H,82,92)(H,83,93)(H,94,95)(H,96,97)(H,98,99)(H,100,101)/b69-67-/t41?,42-,43-,48?,49+,57-,58-/m0/s1.